The Bertz CT molecular complexity index is 956. The van der Waals surface area contributed by atoms with E-state index < -0.39 is 0 Å². The van der Waals surface area contributed by atoms with Gasteiger partial charge in [-0.1, -0.05) is 31.2 Å². The number of aliphatic hydroxyl groups excluding tert-OH is 1. The lowest BCUT2D eigenvalue weighted by atomic mass is 9.99. The molecule has 2 aromatic rings. The number of ether oxygens (including phenoxy) is 1. The zero-order valence-electron chi connectivity index (χ0n) is 21.3. The van der Waals surface area contributed by atoms with E-state index >= 15 is 0 Å². The monoisotopic (exact) mass is 479 g/mol. The van der Waals surface area contributed by atoms with Gasteiger partial charge >= 0.3 is 0 Å². The lowest BCUT2D eigenvalue weighted by Gasteiger charge is -2.34. The Labute approximate surface area is 210 Å². The SMILES string of the molecule is CCCN1CCCCCOc2ccc(C(=O)N3CCN(CCO)CC3)cc2Cc2cccc(c2)C1. The van der Waals surface area contributed by atoms with Crippen molar-refractivity contribution in [1.29, 1.82) is 0 Å². The van der Waals surface area contributed by atoms with E-state index in [4.69, 9.17) is 4.74 Å². The third-order valence-electron chi connectivity index (χ3n) is 7.09. The normalized spacial score (nSPS) is 18.4. The Morgan fingerprint density at radius 3 is 2.54 bits per heavy atom. The first kappa shape index (κ1) is 25.7. The van der Waals surface area contributed by atoms with Gasteiger partial charge in [0.05, 0.1) is 13.2 Å². The van der Waals surface area contributed by atoms with Crippen molar-refractivity contribution < 1.29 is 14.6 Å². The van der Waals surface area contributed by atoms with E-state index in [9.17, 15) is 9.90 Å². The van der Waals surface area contributed by atoms with Crippen LogP contribution in [-0.4, -0.2) is 84.7 Å². The van der Waals surface area contributed by atoms with Gasteiger partial charge in [0.25, 0.3) is 5.91 Å². The van der Waals surface area contributed by atoms with E-state index in [0.29, 0.717) is 26.2 Å². The van der Waals surface area contributed by atoms with Gasteiger partial charge in [0.15, 0.2) is 0 Å². The molecular formula is C29H41N3O3. The van der Waals surface area contributed by atoms with Crippen LogP contribution in [0.5, 0.6) is 5.75 Å². The maximum absolute atomic E-state index is 13.3. The van der Waals surface area contributed by atoms with Crippen molar-refractivity contribution in [3.8, 4) is 5.75 Å². The van der Waals surface area contributed by atoms with Crippen LogP contribution in [0.3, 0.4) is 0 Å². The number of β-amino-alcohol motifs (C(OH)–C–C–N with tert-alkyl or cyclic N) is 1. The summed E-state index contributed by atoms with van der Waals surface area (Å²) in [7, 11) is 0. The third kappa shape index (κ3) is 7.29. The van der Waals surface area contributed by atoms with Gasteiger partial charge in [-0.05, 0) is 73.7 Å². The Kier molecular flexibility index (Phi) is 9.57. The number of amides is 1. The molecule has 0 saturated carbocycles. The maximum Gasteiger partial charge on any atom is 0.253 e. The van der Waals surface area contributed by atoms with Crippen LogP contribution in [0.4, 0.5) is 0 Å². The van der Waals surface area contributed by atoms with Crippen LogP contribution < -0.4 is 4.74 Å². The Morgan fingerprint density at radius 2 is 1.74 bits per heavy atom. The molecule has 0 aliphatic carbocycles. The van der Waals surface area contributed by atoms with Gasteiger partial charge in [-0.25, -0.2) is 0 Å². The number of piperazine rings is 1. The highest BCUT2D eigenvalue weighted by Crippen LogP contribution is 2.26. The lowest BCUT2D eigenvalue weighted by Crippen LogP contribution is -2.49. The predicted molar refractivity (Wildman–Crippen MR) is 140 cm³/mol. The molecule has 1 saturated heterocycles. The minimum absolute atomic E-state index is 0.0832. The average Bonchev–Trinajstić information content (AvgIpc) is 2.87. The van der Waals surface area contributed by atoms with Crippen molar-refractivity contribution in [3.63, 3.8) is 0 Å². The standard InChI is InChI=1S/C29H41N3O3/c1-2-11-31-12-4-3-5-19-35-28-10-9-26(29(34)32-15-13-30(14-16-32)17-18-33)22-27(28)21-24-7-6-8-25(20-24)23-31/h6-10,20,22,33H,2-5,11-19,21,23H2,1H3. The fourth-order valence-electron chi connectivity index (χ4n) is 5.19. The number of carbonyl (C=O) groups excluding carboxylic acids is 1. The number of nitrogens with zero attached hydrogens (tertiary/aromatic N) is 3. The first-order valence-electron chi connectivity index (χ1n) is 13.3. The fraction of sp³-hybridized carbons (Fsp3) is 0.552. The van der Waals surface area contributed by atoms with E-state index in [0.717, 1.165) is 68.9 Å². The summed E-state index contributed by atoms with van der Waals surface area (Å²) in [5.74, 6) is 0.976. The number of rotatable bonds is 5. The van der Waals surface area contributed by atoms with Crippen molar-refractivity contribution in [2.45, 2.75) is 45.6 Å². The van der Waals surface area contributed by atoms with Crippen LogP contribution >= 0.6 is 0 Å². The summed E-state index contributed by atoms with van der Waals surface area (Å²) in [6, 6.07) is 14.8. The summed E-state index contributed by atoms with van der Waals surface area (Å²) in [5, 5.41) is 9.18. The minimum Gasteiger partial charge on any atom is -0.493 e. The highest BCUT2D eigenvalue weighted by molar-refractivity contribution is 5.94. The molecule has 0 atom stereocenters. The Hall–Kier alpha value is -2.41. The minimum atomic E-state index is 0.0832. The van der Waals surface area contributed by atoms with Gasteiger partial charge in [-0.3, -0.25) is 14.6 Å². The molecule has 2 aromatic carbocycles. The van der Waals surface area contributed by atoms with Crippen molar-refractivity contribution in [3.05, 3.63) is 64.7 Å². The second-order valence-electron chi connectivity index (χ2n) is 9.86. The second kappa shape index (κ2) is 13.1. The molecule has 0 spiro atoms. The Balaban J connectivity index is 1.54. The van der Waals surface area contributed by atoms with Crippen LogP contribution in [0, 0.1) is 0 Å². The predicted octanol–water partition coefficient (Wildman–Crippen LogP) is 3.80. The fourth-order valence-corrected chi connectivity index (χ4v) is 5.19. The Morgan fingerprint density at radius 1 is 0.914 bits per heavy atom. The topological polar surface area (TPSA) is 56.2 Å². The van der Waals surface area contributed by atoms with Crippen molar-refractivity contribution in [1.82, 2.24) is 14.7 Å². The van der Waals surface area contributed by atoms with Crippen LogP contribution in [-0.2, 0) is 13.0 Å². The molecule has 2 aliphatic rings. The molecule has 2 bridgehead atoms. The lowest BCUT2D eigenvalue weighted by molar-refractivity contribution is 0.0615. The number of benzene rings is 2. The molecule has 2 aliphatic heterocycles. The molecule has 35 heavy (non-hydrogen) atoms. The van der Waals surface area contributed by atoms with E-state index in [1.807, 2.05) is 23.1 Å². The molecule has 1 amide bonds. The highest BCUT2D eigenvalue weighted by Gasteiger charge is 2.23. The van der Waals surface area contributed by atoms with E-state index in [1.165, 1.54) is 24.0 Å². The number of hydrogen-bond donors (Lipinski definition) is 1. The van der Waals surface area contributed by atoms with Gasteiger partial charge < -0.3 is 14.7 Å². The highest BCUT2D eigenvalue weighted by atomic mass is 16.5. The van der Waals surface area contributed by atoms with Gasteiger partial charge in [0.2, 0.25) is 0 Å². The number of aliphatic hydroxyl groups is 1. The molecule has 6 heteroatoms. The number of hydrogen-bond acceptors (Lipinski definition) is 5. The van der Waals surface area contributed by atoms with Gasteiger partial charge in [-0.2, -0.15) is 0 Å². The van der Waals surface area contributed by atoms with Crippen LogP contribution in [0.25, 0.3) is 0 Å². The van der Waals surface area contributed by atoms with Crippen LogP contribution in [0.15, 0.2) is 42.5 Å². The zero-order chi connectivity index (χ0) is 24.5. The van der Waals surface area contributed by atoms with Crippen LogP contribution in [0.1, 0.15) is 59.7 Å². The summed E-state index contributed by atoms with van der Waals surface area (Å²) in [5.41, 5.74) is 4.41. The molecule has 0 unspecified atom stereocenters. The molecule has 0 radical (unpaired) electrons. The number of fused-ring (bicyclic) bond motifs is 3. The molecule has 4 rings (SSSR count). The van der Waals surface area contributed by atoms with Crippen molar-refractivity contribution in [2.24, 2.45) is 0 Å². The second-order valence-corrected chi connectivity index (χ2v) is 9.86. The molecular weight excluding hydrogens is 438 g/mol. The van der Waals surface area contributed by atoms with Gasteiger partial charge in [-0.15, -0.1) is 0 Å². The summed E-state index contributed by atoms with van der Waals surface area (Å²) in [4.78, 5) is 20.0. The summed E-state index contributed by atoms with van der Waals surface area (Å²) in [6.45, 7) is 10.1. The summed E-state index contributed by atoms with van der Waals surface area (Å²) in [6.07, 6.45) is 5.32. The van der Waals surface area contributed by atoms with E-state index in [2.05, 4.69) is 41.0 Å². The van der Waals surface area contributed by atoms with E-state index in [-0.39, 0.29) is 12.5 Å². The molecule has 1 N–H and O–H groups in total. The molecule has 0 aromatic heterocycles. The zero-order valence-corrected chi connectivity index (χ0v) is 21.3. The smallest absolute Gasteiger partial charge is 0.253 e. The van der Waals surface area contributed by atoms with Crippen molar-refractivity contribution in [2.75, 3.05) is 59.0 Å². The van der Waals surface area contributed by atoms with Gasteiger partial charge in [0.1, 0.15) is 5.75 Å². The average molecular weight is 480 g/mol. The summed E-state index contributed by atoms with van der Waals surface area (Å²) < 4.78 is 6.23. The van der Waals surface area contributed by atoms with E-state index in [1.54, 1.807) is 0 Å². The largest absolute Gasteiger partial charge is 0.493 e. The first-order valence-corrected chi connectivity index (χ1v) is 13.3. The molecule has 190 valence electrons. The number of carbonyl (C=O) groups is 1. The third-order valence-corrected chi connectivity index (χ3v) is 7.09. The molecule has 6 nitrogen and oxygen atoms in total. The maximum atomic E-state index is 13.3. The quantitative estimate of drug-likeness (QED) is 0.707. The van der Waals surface area contributed by atoms with Crippen LogP contribution in [0.2, 0.25) is 0 Å². The molecule has 2 heterocycles. The summed E-state index contributed by atoms with van der Waals surface area (Å²) >= 11 is 0. The van der Waals surface area contributed by atoms with Crippen molar-refractivity contribution >= 4 is 5.91 Å². The molecule has 1 fully saturated rings. The van der Waals surface area contributed by atoms with Gasteiger partial charge in [0, 0.05) is 51.3 Å². The first-order chi connectivity index (χ1) is 17.2.